The third-order valence-electron chi connectivity index (χ3n) is 3.11. The van der Waals surface area contributed by atoms with Gasteiger partial charge in [0.25, 0.3) is 0 Å². The minimum absolute atomic E-state index is 0.332. The van der Waals surface area contributed by atoms with E-state index < -0.39 is 0 Å². The fourth-order valence-corrected chi connectivity index (χ4v) is 2.00. The molecular weight excluding hydrogens is 311 g/mol. The van der Waals surface area contributed by atoms with E-state index in [0.29, 0.717) is 36.9 Å². The molecule has 2 aromatic rings. The van der Waals surface area contributed by atoms with E-state index in [-0.39, 0.29) is 11.8 Å². The van der Waals surface area contributed by atoms with Crippen molar-refractivity contribution in [3.05, 3.63) is 54.3 Å². The highest BCUT2D eigenvalue weighted by Gasteiger charge is 2.08. The van der Waals surface area contributed by atoms with Gasteiger partial charge in [-0.15, -0.1) is 0 Å². The van der Waals surface area contributed by atoms with Gasteiger partial charge >= 0.3 is 6.03 Å². The maximum Gasteiger partial charge on any atom is 0.319 e. The highest BCUT2D eigenvalue weighted by Crippen LogP contribution is 2.29. The molecule has 0 aliphatic heterocycles. The maximum absolute atomic E-state index is 13.2. The molecule has 6 heteroatoms. The summed E-state index contributed by atoms with van der Waals surface area (Å²) in [6.07, 6.45) is 0.739. The Balaban J connectivity index is 1.92. The van der Waals surface area contributed by atoms with Gasteiger partial charge in [-0.3, -0.25) is 0 Å². The molecular formula is C18H21FN2O3. The van der Waals surface area contributed by atoms with Crippen LogP contribution in [0.4, 0.5) is 14.9 Å². The molecule has 5 nitrogen and oxygen atoms in total. The summed E-state index contributed by atoms with van der Waals surface area (Å²) in [5.74, 6) is 0.416. The van der Waals surface area contributed by atoms with Gasteiger partial charge < -0.3 is 20.1 Å². The van der Waals surface area contributed by atoms with E-state index >= 15 is 0 Å². The third kappa shape index (κ3) is 5.89. The number of ether oxygens (including phenoxy) is 2. The molecule has 0 aliphatic rings. The molecule has 2 rings (SSSR count). The molecule has 0 unspecified atom stereocenters. The first-order valence-electron chi connectivity index (χ1n) is 7.84. The van der Waals surface area contributed by atoms with Crippen LogP contribution in [0.3, 0.4) is 0 Å². The Morgan fingerprint density at radius 1 is 1.17 bits per heavy atom. The van der Waals surface area contributed by atoms with E-state index in [1.54, 1.807) is 36.4 Å². The monoisotopic (exact) mass is 332 g/mol. The van der Waals surface area contributed by atoms with Crippen molar-refractivity contribution in [3.63, 3.8) is 0 Å². The predicted molar refractivity (Wildman–Crippen MR) is 91.0 cm³/mol. The average Bonchev–Trinajstić information content (AvgIpc) is 2.56. The Morgan fingerprint density at radius 3 is 2.79 bits per heavy atom. The highest BCUT2D eigenvalue weighted by molar-refractivity contribution is 5.90. The van der Waals surface area contributed by atoms with E-state index in [9.17, 15) is 9.18 Å². The van der Waals surface area contributed by atoms with E-state index in [0.717, 1.165) is 6.42 Å². The third-order valence-corrected chi connectivity index (χ3v) is 3.11. The molecule has 0 spiro atoms. The van der Waals surface area contributed by atoms with Gasteiger partial charge in [-0.05, 0) is 37.6 Å². The second-order valence-corrected chi connectivity index (χ2v) is 4.99. The summed E-state index contributed by atoms with van der Waals surface area (Å²) in [5.41, 5.74) is 0.504. The molecule has 0 saturated carbocycles. The minimum Gasteiger partial charge on any atom is -0.455 e. The van der Waals surface area contributed by atoms with Crippen LogP contribution < -0.4 is 15.4 Å². The molecule has 0 radical (unpaired) electrons. The highest BCUT2D eigenvalue weighted by atomic mass is 19.1. The lowest BCUT2D eigenvalue weighted by Crippen LogP contribution is -2.30. The molecule has 0 atom stereocenters. The summed E-state index contributed by atoms with van der Waals surface area (Å²) < 4.78 is 24.1. The van der Waals surface area contributed by atoms with Crippen LogP contribution in [-0.2, 0) is 4.74 Å². The van der Waals surface area contributed by atoms with Gasteiger partial charge in [0.2, 0.25) is 0 Å². The number of carbonyl (C=O) groups is 1. The number of para-hydroxylation sites is 2. The largest absolute Gasteiger partial charge is 0.455 e. The number of urea groups is 1. The minimum atomic E-state index is -0.384. The molecule has 0 bridgehead atoms. The number of anilines is 1. The average molecular weight is 332 g/mol. The summed E-state index contributed by atoms with van der Waals surface area (Å²) in [6.45, 7) is 3.71. The Bertz CT molecular complexity index is 664. The zero-order valence-corrected chi connectivity index (χ0v) is 13.5. The van der Waals surface area contributed by atoms with Crippen molar-refractivity contribution in [2.45, 2.75) is 13.3 Å². The molecule has 24 heavy (non-hydrogen) atoms. The lowest BCUT2D eigenvalue weighted by molar-refractivity contribution is 0.145. The van der Waals surface area contributed by atoms with Crippen molar-refractivity contribution in [1.82, 2.24) is 5.32 Å². The summed E-state index contributed by atoms with van der Waals surface area (Å²) in [5, 5.41) is 5.47. The quantitative estimate of drug-likeness (QED) is 0.713. The number of halogens is 1. The molecule has 128 valence electrons. The van der Waals surface area contributed by atoms with Crippen LogP contribution in [0.2, 0.25) is 0 Å². The molecule has 0 aliphatic carbocycles. The van der Waals surface area contributed by atoms with E-state index in [1.807, 2.05) is 6.92 Å². The van der Waals surface area contributed by atoms with Crippen molar-refractivity contribution in [2.24, 2.45) is 0 Å². The number of nitrogens with one attached hydrogen (secondary N) is 2. The standard InChI is InChI=1S/C18H21FN2O3/c1-2-23-12-6-11-20-18(22)21-16-9-3-4-10-17(16)24-15-8-5-7-14(19)13-15/h3-5,7-10,13H,2,6,11-12H2,1H3,(H2,20,21,22). The number of hydrogen-bond acceptors (Lipinski definition) is 3. The Morgan fingerprint density at radius 2 is 2.00 bits per heavy atom. The predicted octanol–water partition coefficient (Wildman–Crippen LogP) is 4.17. The van der Waals surface area contributed by atoms with Gasteiger partial charge in [-0.2, -0.15) is 0 Å². The number of amides is 2. The Labute approximate surface area is 140 Å². The van der Waals surface area contributed by atoms with E-state index in [2.05, 4.69) is 10.6 Å². The van der Waals surface area contributed by atoms with Crippen molar-refractivity contribution < 1.29 is 18.7 Å². The van der Waals surface area contributed by atoms with Crippen molar-refractivity contribution >= 4 is 11.7 Å². The van der Waals surface area contributed by atoms with Crippen molar-refractivity contribution in [2.75, 3.05) is 25.1 Å². The maximum atomic E-state index is 13.2. The van der Waals surface area contributed by atoms with Crippen LogP contribution >= 0.6 is 0 Å². The molecule has 0 saturated heterocycles. The molecule has 0 fully saturated rings. The van der Waals surface area contributed by atoms with Gasteiger partial charge in [0.05, 0.1) is 5.69 Å². The summed E-state index contributed by atoms with van der Waals surface area (Å²) in [7, 11) is 0. The van der Waals surface area contributed by atoms with Crippen LogP contribution in [0.25, 0.3) is 0 Å². The van der Waals surface area contributed by atoms with Crippen LogP contribution in [-0.4, -0.2) is 25.8 Å². The fraction of sp³-hybridized carbons (Fsp3) is 0.278. The van der Waals surface area contributed by atoms with Crippen molar-refractivity contribution in [1.29, 1.82) is 0 Å². The van der Waals surface area contributed by atoms with E-state index in [1.165, 1.54) is 12.1 Å². The Kier molecular flexibility index (Phi) is 7.04. The first kappa shape index (κ1) is 17.7. The van der Waals surface area contributed by atoms with Crippen LogP contribution in [0.5, 0.6) is 11.5 Å². The SMILES string of the molecule is CCOCCCNC(=O)Nc1ccccc1Oc1cccc(F)c1. The number of benzene rings is 2. The topological polar surface area (TPSA) is 59.6 Å². The second-order valence-electron chi connectivity index (χ2n) is 4.99. The smallest absolute Gasteiger partial charge is 0.319 e. The van der Waals surface area contributed by atoms with Gasteiger partial charge in [0, 0.05) is 25.8 Å². The first-order chi connectivity index (χ1) is 11.7. The fourth-order valence-electron chi connectivity index (χ4n) is 2.00. The van der Waals surface area contributed by atoms with Gasteiger partial charge in [0.1, 0.15) is 11.6 Å². The first-order valence-corrected chi connectivity index (χ1v) is 7.84. The van der Waals surface area contributed by atoms with Crippen LogP contribution in [0.1, 0.15) is 13.3 Å². The van der Waals surface area contributed by atoms with Crippen LogP contribution in [0, 0.1) is 5.82 Å². The van der Waals surface area contributed by atoms with Gasteiger partial charge in [-0.1, -0.05) is 18.2 Å². The molecule has 2 amide bonds. The molecule has 2 N–H and O–H groups in total. The summed E-state index contributed by atoms with van der Waals surface area (Å²) in [6, 6.07) is 12.5. The summed E-state index contributed by atoms with van der Waals surface area (Å²) >= 11 is 0. The van der Waals surface area contributed by atoms with Gasteiger partial charge in [-0.25, -0.2) is 9.18 Å². The normalized spacial score (nSPS) is 10.2. The zero-order chi connectivity index (χ0) is 17.2. The van der Waals surface area contributed by atoms with E-state index in [4.69, 9.17) is 9.47 Å². The molecule has 2 aromatic carbocycles. The summed E-state index contributed by atoms with van der Waals surface area (Å²) in [4.78, 5) is 11.9. The number of rotatable bonds is 8. The number of hydrogen-bond donors (Lipinski definition) is 2. The van der Waals surface area contributed by atoms with Gasteiger partial charge in [0.15, 0.2) is 5.75 Å². The number of carbonyl (C=O) groups excluding carboxylic acids is 1. The van der Waals surface area contributed by atoms with Crippen LogP contribution in [0.15, 0.2) is 48.5 Å². The lowest BCUT2D eigenvalue weighted by Gasteiger charge is -2.13. The second kappa shape index (κ2) is 9.52. The Hall–Kier alpha value is -2.60. The molecule has 0 aromatic heterocycles. The molecule has 0 heterocycles. The lowest BCUT2D eigenvalue weighted by atomic mass is 10.3. The van der Waals surface area contributed by atoms with Crippen molar-refractivity contribution in [3.8, 4) is 11.5 Å². The zero-order valence-electron chi connectivity index (χ0n) is 13.5.